The Hall–Kier alpha value is -2.48. The minimum Gasteiger partial charge on any atom is -0.288 e. The number of halogens is 1. The Bertz CT molecular complexity index is 1160. The van der Waals surface area contributed by atoms with Crippen LogP contribution >= 0.6 is 35.6 Å². The van der Waals surface area contributed by atoms with Crippen molar-refractivity contribution in [1.29, 1.82) is 0 Å². The molecule has 0 spiro atoms. The van der Waals surface area contributed by atoms with Gasteiger partial charge in [-0.15, -0.1) is 0 Å². The highest BCUT2D eigenvalue weighted by Crippen LogP contribution is 2.33. The maximum Gasteiger partial charge on any atom is 0.266 e. The lowest BCUT2D eigenvalue weighted by atomic mass is 10.2. The average molecular weight is 414 g/mol. The second-order valence-corrected chi connectivity index (χ2v) is 7.84. The molecule has 1 saturated heterocycles. The van der Waals surface area contributed by atoms with Gasteiger partial charge in [0.05, 0.1) is 17.0 Å². The molecule has 0 saturated carbocycles. The summed E-state index contributed by atoms with van der Waals surface area (Å²) in [6, 6.07) is 14.8. The molecule has 0 bridgehead atoms. The number of thiocarbonyl (C=S) groups is 1. The van der Waals surface area contributed by atoms with Crippen molar-refractivity contribution in [3.8, 4) is 0 Å². The van der Waals surface area contributed by atoms with Gasteiger partial charge in [0.25, 0.3) is 11.5 Å². The third-order valence-corrected chi connectivity index (χ3v) is 5.72. The van der Waals surface area contributed by atoms with Crippen LogP contribution in [0, 0.1) is 0 Å². The number of thioether (sulfide) groups is 1. The van der Waals surface area contributed by atoms with Gasteiger partial charge in [0, 0.05) is 6.20 Å². The molecule has 0 atom stereocenters. The summed E-state index contributed by atoms with van der Waals surface area (Å²) in [5.74, 6) is -0.248. The van der Waals surface area contributed by atoms with Crippen molar-refractivity contribution in [2.24, 2.45) is 0 Å². The zero-order valence-electron chi connectivity index (χ0n) is 13.8. The summed E-state index contributed by atoms with van der Waals surface area (Å²) in [6.45, 7) is 0.380. The van der Waals surface area contributed by atoms with Crippen molar-refractivity contribution in [2.75, 3.05) is 0 Å². The first-order valence-corrected chi connectivity index (χ1v) is 9.61. The number of carbonyl (C=O) groups excluding carboxylic acids is 1. The van der Waals surface area contributed by atoms with Gasteiger partial charge in [0.2, 0.25) is 0 Å². The average Bonchev–Trinajstić information content (AvgIpc) is 2.93. The van der Waals surface area contributed by atoms with Gasteiger partial charge >= 0.3 is 0 Å². The minimum atomic E-state index is -0.334. The van der Waals surface area contributed by atoms with Crippen LogP contribution in [0.2, 0.25) is 5.15 Å². The van der Waals surface area contributed by atoms with Crippen molar-refractivity contribution < 1.29 is 4.79 Å². The number of aromatic nitrogens is 2. The Morgan fingerprint density at radius 2 is 1.85 bits per heavy atom. The topological polar surface area (TPSA) is 54.7 Å². The summed E-state index contributed by atoms with van der Waals surface area (Å²) in [6.07, 6.45) is 3.08. The minimum absolute atomic E-state index is 0.0551. The number of carbonyl (C=O) groups is 1. The van der Waals surface area contributed by atoms with E-state index >= 15 is 0 Å². The quantitative estimate of drug-likeness (QED) is 0.372. The molecule has 134 valence electrons. The molecule has 0 unspecified atom stereocenters. The summed E-state index contributed by atoms with van der Waals surface area (Å²) in [5, 5.41) is 0.0551. The highest BCUT2D eigenvalue weighted by atomic mass is 35.5. The lowest BCUT2D eigenvalue weighted by Crippen LogP contribution is -2.27. The molecular weight excluding hydrogens is 402 g/mol. The second-order valence-electron chi connectivity index (χ2n) is 5.80. The van der Waals surface area contributed by atoms with Crippen LogP contribution in [0.1, 0.15) is 11.1 Å². The molecule has 0 radical (unpaired) electrons. The van der Waals surface area contributed by atoms with Gasteiger partial charge in [-0.2, -0.15) is 0 Å². The van der Waals surface area contributed by atoms with Gasteiger partial charge < -0.3 is 0 Å². The van der Waals surface area contributed by atoms with Crippen molar-refractivity contribution in [2.45, 2.75) is 6.54 Å². The molecule has 2 aromatic heterocycles. The molecule has 27 heavy (non-hydrogen) atoms. The molecule has 8 heteroatoms. The van der Waals surface area contributed by atoms with E-state index in [0.29, 0.717) is 21.4 Å². The fourth-order valence-corrected chi connectivity index (χ4v) is 4.19. The fourth-order valence-electron chi connectivity index (χ4n) is 2.73. The Morgan fingerprint density at radius 1 is 1.11 bits per heavy atom. The van der Waals surface area contributed by atoms with Crippen LogP contribution in [0.5, 0.6) is 0 Å². The van der Waals surface area contributed by atoms with E-state index in [9.17, 15) is 9.59 Å². The fraction of sp³-hybridized carbons (Fsp3) is 0.0526. The van der Waals surface area contributed by atoms with Gasteiger partial charge in [-0.25, -0.2) is 4.98 Å². The van der Waals surface area contributed by atoms with Crippen LogP contribution in [-0.2, 0) is 11.3 Å². The van der Waals surface area contributed by atoms with E-state index in [0.717, 1.165) is 17.3 Å². The zero-order chi connectivity index (χ0) is 19.0. The smallest absolute Gasteiger partial charge is 0.266 e. The molecule has 1 fully saturated rings. The van der Waals surface area contributed by atoms with Gasteiger partial charge in [0.15, 0.2) is 0 Å². The molecule has 3 heterocycles. The molecule has 0 N–H and O–H groups in total. The molecule has 0 aliphatic carbocycles. The summed E-state index contributed by atoms with van der Waals surface area (Å²) >= 11 is 12.7. The second kappa shape index (κ2) is 7.26. The van der Waals surface area contributed by atoms with Crippen molar-refractivity contribution >= 4 is 57.5 Å². The molecule has 1 aliphatic rings. The lowest BCUT2D eigenvalue weighted by molar-refractivity contribution is -0.122. The van der Waals surface area contributed by atoms with Crippen molar-refractivity contribution in [3.05, 3.63) is 86.3 Å². The van der Waals surface area contributed by atoms with E-state index < -0.39 is 0 Å². The highest BCUT2D eigenvalue weighted by Gasteiger charge is 2.32. The largest absolute Gasteiger partial charge is 0.288 e. The number of rotatable bonds is 3. The van der Waals surface area contributed by atoms with Crippen LogP contribution in [0.4, 0.5) is 0 Å². The van der Waals surface area contributed by atoms with E-state index in [1.807, 2.05) is 30.3 Å². The first-order chi connectivity index (χ1) is 13.0. The summed E-state index contributed by atoms with van der Waals surface area (Å²) in [7, 11) is 0. The number of amides is 1. The van der Waals surface area contributed by atoms with E-state index in [1.54, 1.807) is 24.4 Å². The van der Waals surface area contributed by atoms with Crippen LogP contribution in [0.15, 0.2) is 64.4 Å². The predicted molar refractivity (Wildman–Crippen MR) is 112 cm³/mol. The predicted octanol–water partition coefficient (Wildman–Crippen LogP) is 3.75. The van der Waals surface area contributed by atoms with Gasteiger partial charge in [-0.3, -0.25) is 18.9 Å². The zero-order valence-corrected chi connectivity index (χ0v) is 16.2. The van der Waals surface area contributed by atoms with Gasteiger partial charge in [-0.05, 0) is 23.8 Å². The number of pyridine rings is 1. The maximum atomic E-state index is 12.8. The van der Waals surface area contributed by atoms with Crippen molar-refractivity contribution in [3.63, 3.8) is 0 Å². The van der Waals surface area contributed by atoms with Crippen LogP contribution in [0.25, 0.3) is 11.7 Å². The first kappa shape index (κ1) is 17.9. The Morgan fingerprint density at radius 3 is 2.63 bits per heavy atom. The van der Waals surface area contributed by atoms with Crippen LogP contribution in [0.3, 0.4) is 0 Å². The molecular formula is C19H12ClN3O2S2. The van der Waals surface area contributed by atoms with Gasteiger partial charge in [-0.1, -0.05) is 72.0 Å². The highest BCUT2D eigenvalue weighted by molar-refractivity contribution is 8.26. The van der Waals surface area contributed by atoms with Gasteiger partial charge in [0.1, 0.15) is 15.1 Å². The third kappa shape index (κ3) is 3.41. The normalized spacial score (nSPS) is 15.9. The first-order valence-electron chi connectivity index (χ1n) is 8.01. The Labute approximate surface area is 169 Å². The van der Waals surface area contributed by atoms with E-state index in [2.05, 4.69) is 4.98 Å². The summed E-state index contributed by atoms with van der Waals surface area (Å²) < 4.78 is 1.84. The van der Waals surface area contributed by atoms with Crippen LogP contribution in [-0.4, -0.2) is 24.5 Å². The van der Waals surface area contributed by atoms with Crippen LogP contribution < -0.4 is 5.56 Å². The molecule has 3 aromatic rings. The Kier molecular flexibility index (Phi) is 4.82. The van der Waals surface area contributed by atoms with E-state index in [-0.39, 0.29) is 22.2 Å². The van der Waals surface area contributed by atoms with E-state index in [4.69, 9.17) is 23.8 Å². The van der Waals surface area contributed by atoms with E-state index in [1.165, 1.54) is 15.4 Å². The van der Waals surface area contributed by atoms with Crippen molar-refractivity contribution in [1.82, 2.24) is 14.3 Å². The molecule has 4 rings (SSSR count). The number of nitrogens with zero attached hydrogens (tertiary/aromatic N) is 3. The maximum absolute atomic E-state index is 12.8. The molecule has 1 aliphatic heterocycles. The standard InChI is InChI=1S/C19H12ClN3O2S2/c20-16-13(17(24)22-9-5-4-8-15(22)21-16)10-14-18(25)23(19(26)27-14)11-12-6-2-1-3-7-12/h1-10H,11H2/b14-10-. The molecule has 1 aromatic carbocycles. The number of fused-ring (bicyclic) bond motifs is 1. The monoisotopic (exact) mass is 413 g/mol. The number of hydrogen-bond donors (Lipinski definition) is 0. The Balaban J connectivity index is 1.71. The number of hydrogen-bond acceptors (Lipinski definition) is 5. The summed E-state index contributed by atoms with van der Waals surface area (Å²) in [5.41, 5.74) is 1.25. The SMILES string of the molecule is O=C1/C(=C/c2c(Cl)nc3ccccn3c2=O)SC(=S)N1Cc1ccccc1. The molecule has 1 amide bonds. The summed E-state index contributed by atoms with van der Waals surface area (Å²) in [4.78, 5) is 31.6. The third-order valence-electron chi connectivity index (χ3n) is 4.06. The molecule has 5 nitrogen and oxygen atoms in total. The lowest BCUT2D eigenvalue weighted by Gasteiger charge is -2.14. The number of benzene rings is 1.